The first kappa shape index (κ1) is 14.0. The lowest BCUT2D eigenvalue weighted by Crippen LogP contribution is -2.66. The molecule has 1 N–H and O–H groups in total. The number of amides is 3. The Morgan fingerprint density at radius 2 is 1.79 bits per heavy atom. The molecule has 1 saturated carbocycles. The fourth-order valence-corrected chi connectivity index (χ4v) is 2.86. The summed E-state index contributed by atoms with van der Waals surface area (Å²) in [5, 5.41) is 2.29. The Morgan fingerprint density at radius 3 is 2.37 bits per heavy atom. The van der Waals surface area contributed by atoms with Crippen molar-refractivity contribution in [2.24, 2.45) is 11.8 Å². The summed E-state index contributed by atoms with van der Waals surface area (Å²) >= 11 is 0. The lowest BCUT2D eigenvalue weighted by Gasteiger charge is -2.42. The molecule has 1 saturated heterocycles. The zero-order valence-electron chi connectivity index (χ0n) is 11.9. The third kappa shape index (κ3) is 2.65. The van der Waals surface area contributed by atoms with Crippen molar-refractivity contribution in [2.45, 2.75) is 52.0 Å². The maximum absolute atomic E-state index is 12.6. The molecule has 3 amide bonds. The average molecular weight is 266 g/mol. The number of rotatable bonds is 1. The zero-order valence-corrected chi connectivity index (χ0v) is 11.9. The Bertz CT molecular complexity index is 409. The molecule has 2 fully saturated rings. The van der Waals surface area contributed by atoms with Gasteiger partial charge in [-0.3, -0.25) is 19.7 Å². The monoisotopic (exact) mass is 266 g/mol. The largest absolute Gasteiger partial charge is 0.319 e. The third-order valence-corrected chi connectivity index (χ3v) is 4.42. The van der Waals surface area contributed by atoms with Gasteiger partial charge in [-0.25, -0.2) is 0 Å². The van der Waals surface area contributed by atoms with Crippen LogP contribution in [0.4, 0.5) is 0 Å². The van der Waals surface area contributed by atoms with Crippen molar-refractivity contribution in [2.75, 3.05) is 6.54 Å². The molecule has 5 nitrogen and oxygen atoms in total. The highest BCUT2D eigenvalue weighted by Crippen LogP contribution is 2.31. The Labute approximate surface area is 113 Å². The number of hydrogen-bond donors (Lipinski definition) is 1. The molecule has 0 aromatic heterocycles. The minimum Gasteiger partial charge on any atom is -0.319 e. The van der Waals surface area contributed by atoms with Crippen molar-refractivity contribution in [3.63, 3.8) is 0 Å². The zero-order chi connectivity index (χ0) is 14.2. The topological polar surface area (TPSA) is 66.5 Å². The minimum absolute atomic E-state index is 0.0103. The van der Waals surface area contributed by atoms with Gasteiger partial charge in [-0.1, -0.05) is 6.92 Å². The van der Waals surface area contributed by atoms with Gasteiger partial charge in [-0.15, -0.1) is 0 Å². The van der Waals surface area contributed by atoms with Gasteiger partial charge in [0.25, 0.3) is 5.91 Å². The van der Waals surface area contributed by atoms with E-state index in [1.807, 2.05) is 0 Å². The van der Waals surface area contributed by atoms with Gasteiger partial charge in [-0.05, 0) is 45.4 Å². The number of piperazine rings is 1. The molecule has 2 aliphatic rings. The Morgan fingerprint density at radius 1 is 1.21 bits per heavy atom. The van der Waals surface area contributed by atoms with Crippen molar-refractivity contribution in [3.05, 3.63) is 0 Å². The minimum atomic E-state index is -0.936. The van der Waals surface area contributed by atoms with Crippen LogP contribution in [-0.4, -0.2) is 34.7 Å². The van der Waals surface area contributed by atoms with E-state index in [1.165, 1.54) is 4.90 Å². The van der Waals surface area contributed by atoms with Crippen molar-refractivity contribution in [1.29, 1.82) is 0 Å². The molecule has 19 heavy (non-hydrogen) atoms. The van der Waals surface area contributed by atoms with Gasteiger partial charge in [0.15, 0.2) is 0 Å². The molecular formula is C14H22N2O3. The van der Waals surface area contributed by atoms with Crippen LogP contribution in [0, 0.1) is 11.8 Å². The molecule has 1 heterocycles. The smallest absolute Gasteiger partial charge is 0.252 e. The molecule has 0 aromatic carbocycles. The summed E-state index contributed by atoms with van der Waals surface area (Å²) in [6.07, 6.45) is 3.82. The van der Waals surface area contributed by atoms with Gasteiger partial charge in [-0.2, -0.15) is 0 Å². The fourth-order valence-electron chi connectivity index (χ4n) is 2.86. The summed E-state index contributed by atoms with van der Waals surface area (Å²) in [5.74, 6) is -0.180. The summed E-state index contributed by atoms with van der Waals surface area (Å²) in [5.41, 5.74) is -0.936. The molecule has 1 aliphatic carbocycles. The van der Waals surface area contributed by atoms with Gasteiger partial charge < -0.3 is 4.90 Å². The molecule has 0 spiro atoms. The molecule has 0 bridgehead atoms. The van der Waals surface area contributed by atoms with Crippen LogP contribution in [0.25, 0.3) is 0 Å². The summed E-state index contributed by atoms with van der Waals surface area (Å²) in [7, 11) is 0. The molecule has 0 atom stereocenters. The first-order valence-electron chi connectivity index (χ1n) is 6.98. The van der Waals surface area contributed by atoms with Crippen LogP contribution in [0.15, 0.2) is 0 Å². The van der Waals surface area contributed by atoms with E-state index in [2.05, 4.69) is 12.2 Å². The van der Waals surface area contributed by atoms with Crippen LogP contribution in [0.1, 0.15) is 46.5 Å². The first-order valence-corrected chi connectivity index (χ1v) is 6.98. The summed E-state index contributed by atoms with van der Waals surface area (Å²) in [4.78, 5) is 37.3. The Kier molecular flexibility index (Phi) is 3.65. The number of hydrogen-bond acceptors (Lipinski definition) is 3. The van der Waals surface area contributed by atoms with E-state index in [1.54, 1.807) is 13.8 Å². The summed E-state index contributed by atoms with van der Waals surface area (Å²) in [6, 6.07) is 0. The van der Waals surface area contributed by atoms with Crippen molar-refractivity contribution < 1.29 is 14.4 Å². The number of carbonyl (C=O) groups excluding carboxylic acids is 3. The molecule has 2 rings (SSSR count). The van der Waals surface area contributed by atoms with Crippen LogP contribution in [0.3, 0.4) is 0 Å². The molecular weight excluding hydrogens is 244 g/mol. The lowest BCUT2D eigenvalue weighted by molar-refractivity contribution is -0.158. The van der Waals surface area contributed by atoms with Crippen molar-refractivity contribution in [1.82, 2.24) is 10.2 Å². The highest BCUT2D eigenvalue weighted by molar-refractivity contribution is 6.06. The number of nitrogens with one attached hydrogen (secondary N) is 1. The molecule has 106 valence electrons. The van der Waals surface area contributed by atoms with Gasteiger partial charge in [0, 0.05) is 5.92 Å². The summed E-state index contributed by atoms with van der Waals surface area (Å²) in [6.45, 7) is 5.57. The normalized spacial score (nSPS) is 31.0. The molecule has 0 unspecified atom stereocenters. The van der Waals surface area contributed by atoms with Crippen LogP contribution >= 0.6 is 0 Å². The van der Waals surface area contributed by atoms with Crippen LogP contribution in [0.2, 0.25) is 0 Å². The van der Waals surface area contributed by atoms with E-state index >= 15 is 0 Å². The molecule has 0 radical (unpaired) electrons. The molecule has 1 aliphatic heterocycles. The van der Waals surface area contributed by atoms with E-state index in [0.29, 0.717) is 5.92 Å². The number of nitrogens with zero attached hydrogens (tertiary/aromatic N) is 1. The van der Waals surface area contributed by atoms with E-state index < -0.39 is 5.54 Å². The van der Waals surface area contributed by atoms with Gasteiger partial charge in [0.05, 0.1) is 0 Å². The quantitative estimate of drug-likeness (QED) is 0.722. The number of carbonyl (C=O) groups is 3. The Balaban J connectivity index is 2.12. The second kappa shape index (κ2) is 4.94. The standard InChI is InChI=1S/C14H22N2O3/c1-9-4-6-10(7-5-9)12(18)16-8-11(17)15-13(19)14(16,2)3/h9-10H,4-8H2,1-3H3,(H,15,17,19). The number of imide groups is 1. The van der Waals surface area contributed by atoms with E-state index in [9.17, 15) is 14.4 Å². The highest BCUT2D eigenvalue weighted by Gasteiger charge is 2.45. The highest BCUT2D eigenvalue weighted by atomic mass is 16.2. The van der Waals surface area contributed by atoms with Crippen molar-refractivity contribution in [3.8, 4) is 0 Å². The molecule has 0 aromatic rings. The predicted octanol–water partition coefficient (Wildman–Crippen LogP) is 1.08. The predicted molar refractivity (Wildman–Crippen MR) is 70.1 cm³/mol. The Hall–Kier alpha value is -1.39. The third-order valence-electron chi connectivity index (χ3n) is 4.42. The van der Waals surface area contributed by atoms with Crippen LogP contribution in [0.5, 0.6) is 0 Å². The second-order valence-corrected chi connectivity index (χ2v) is 6.32. The lowest BCUT2D eigenvalue weighted by atomic mass is 9.81. The van der Waals surface area contributed by atoms with E-state index in [-0.39, 0.29) is 30.2 Å². The fraction of sp³-hybridized carbons (Fsp3) is 0.786. The van der Waals surface area contributed by atoms with Gasteiger partial charge >= 0.3 is 0 Å². The van der Waals surface area contributed by atoms with E-state index in [4.69, 9.17) is 0 Å². The first-order chi connectivity index (χ1) is 8.82. The van der Waals surface area contributed by atoms with Crippen LogP contribution < -0.4 is 5.32 Å². The van der Waals surface area contributed by atoms with Crippen molar-refractivity contribution >= 4 is 17.7 Å². The maximum Gasteiger partial charge on any atom is 0.252 e. The van der Waals surface area contributed by atoms with Gasteiger partial charge in [0.2, 0.25) is 11.8 Å². The van der Waals surface area contributed by atoms with Crippen LogP contribution in [-0.2, 0) is 14.4 Å². The average Bonchev–Trinajstić information content (AvgIpc) is 2.34. The maximum atomic E-state index is 12.6. The summed E-state index contributed by atoms with van der Waals surface area (Å²) < 4.78 is 0. The van der Waals surface area contributed by atoms with Gasteiger partial charge in [0.1, 0.15) is 12.1 Å². The molecule has 5 heteroatoms. The second-order valence-electron chi connectivity index (χ2n) is 6.32. The SMILES string of the molecule is CC1CCC(C(=O)N2CC(=O)NC(=O)C2(C)C)CC1. The van der Waals surface area contributed by atoms with E-state index in [0.717, 1.165) is 25.7 Å².